The molecule has 0 heterocycles. The maximum absolute atomic E-state index is 11.1. The normalized spacial score (nSPS) is 10.8. The summed E-state index contributed by atoms with van der Waals surface area (Å²) in [5.74, 6) is -0.00894. The van der Waals surface area contributed by atoms with Crippen LogP contribution in [0.15, 0.2) is 42.5 Å². The van der Waals surface area contributed by atoms with Crippen molar-refractivity contribution in [1.82, 2.24) is 0 Å². The minimum atomic E-state index is -0.696. The van der Waals surface area contributed by atoms with Crippen molar-refractivity contribution in [2.75, 3.05) is 0 Å². The largest absolute Gasteiger partial charge is 0.423 e. The summed E-state index contributed by atoms with van der Waals surface area (Å²) in [6.45, 7) is 0. The topological polar surface area (TPSA) is 26.3 Å². The molecular weight excluding hydrogens is 223 g/mol. The molecular formula is C10H8Cl2O2. The van der Waals surface area contributed by atoms with Gasteiger partial charge in [0.1, 0.15) is 10.6 Å². The second-order valence-electron chi connectivity index (χ2n) is 2.43. The fourth-order valence-electron chi connectivity index (χ4n) is 0.790. The third-order valence-electron chi connectivity index (χ3n) is 1.34. The molecule has 74 valence electrons. The molecule has 0 amide bonds. The summed E-state index contributed by atoms with van der Waals surface area (Å²) in [5, 5.41) is 0. The molecule has 0 bridgehead atoms. The first-order valence-corrected chi connectivity index (χ1v) is 4.79. The SMILES string of the molecule is O=C(/C=C/C(Cl)Cl)Oc1ccccc1. The lowest BCUT2D eigenvalue weighted by atomic mass is 10.3. The van der Waals surface area contributed by atoms with E-state index in [1.165, 1.54) is 12.2 Å². The van der Waals surface area contributed by atoms with Crippen LogP contribution in [0.3, 0.4) is 0 Å². The van der Waals surface area contributed by atoms with E-state index in [0.717, 1.165) is 0 Å². The summed E-state index contributed by atoms with van der Waals surface area (Å²) in [4.78, 5) is 10.4. The van der Waals surface area contributed by atoms with E-state index in [9.17, 15) is 4.79 Å². The quantitative estimate of drug-likeness (QED) is 0.346. The third kappa shape index (κ3) is 4.30. The van der Waals surface area contributed by atoms with Crippen LogP contribution in [-0.4, -0.2) is 10.8 Å². The van der Waals surface area contributed by atoms with Gasteiger partial charge in [0.15, 0.2) is 0 Å². The molecule has 0 aliphatic rings. The Labute approximate surface area is 92.1 Å². The Morgan fingerprint density at radius 2 is 1.93 bits per heavy atom. The highest BCUT2D eigenvalue weighted by atomic mass is 35.5. The van der Waals surface area contributed by atoms with Crippen molar-refractivity contribution in [1.29, 1.82) is 0 Å². The summed E-state index contributed by atoms with van der Waals surface area (Å²) in [6.07, 6.45) is 2.53. The molecule has 1 aromatic rings. The Bertz CT molecular complexity index is 320. The number of benzene rings is 1. The summed E-state index contributed by atoms with van der Waals surface area (Å²) < 4.78 is 4.92. The van der Waals surface area contributed by atoms with Gasteiger partial charge < -0.3 is 4.74 Å². The molecule has 0 atom stereocenters. The zero-order valence-electron chi connectivity index (χ0n) is 7.19. The Balaban J connectivity index is 2.50. The van der Waals surface area contributed by atoms with Crippen LogP contribution in [0.2, 0.25) is 0 Å². The van der Waals surface area contributed by atoms with E-state index < -0.39 is 10.8 Å². The van der Waals surface area contributed by atoms with Crippen molar-refractivity contribution in [2.45, 2.75) is 4.84 Å². The van der Waals surface area contributed by atoms with E-state index in [4.69, 9.17) is 27.9 Å². The van der Waals surface area contributed by atoms with E-state index in [1.807, 2.05) is 6.07 Å². The molecule has 2 nitrogen and oxygen atoms in total. The van der Waals surface area contributed by atoms with Gasteiger partial charge in [0.25, 0.3) is 0 Å². The van der Waals surface area contributed by atoms with Crippen LogP contribution in [0, 0.1) is 0 Å². The molecule has 0 aliphatic heterocycles. The average Bonchev–Trinajstić information content (AvgIpc) is 2.16. The van der Waals surface area contributed by atoms with Gasteiger partial charge in [-0.2, -0.15) is 0 Å². The predicted octanol–water partition coefficient (Wildman–Crippen LogP) is 2.95. The first-order valence-electron chi connectivity index (χ1n) is 3.91. The van der Waals surface area contributed by atoms with Gasteiger partial charge >= 0.3 is 5.97 Å². The minimum Gasteiger partial charge on any atom is -0.423 e. The van der Waals surface area contributed by atoms with Crippen molar-refractivity contribution < 1.29 is 9.53 Å². The monoisotopic (exact) mass is 230 g/mol. The number of hydrogen-bond acceptors (Lipinski definition) is 2. The number of halogens is 2. The second-order valence-corrected chi connectivity index (χ2v) is 3.59. The van der Waals surface area contributed by atoms with Gasteiger partial charge in [-0.1, -0.05) is 18.2 Å². The number of carbonyl (C=O) groups excluding carboxylic acids is 1. The molecule has 0 spiro atoms. The van der Waals surface area contributed by atoms with Gasteiger partial charge in [0.05, 0.1) is 0 Å². The van der Waals surface area contributed by atoms with Crippen LogP contribution in [0.25, 0.3) is 0 Å². The molecule has 0 saturated heterocycles. The zero-order chi connectivity index (χ0) is 10.4. The Kier molecular flexibility index (Phi) is 4.50. The molecule has 0 radical (unpaired) electrons. The van der Waals surface area contributed by atoms with Gasteiger partial charge in [-0.05, 0) is 18.2 Å². The minimum absolute atomic E-state index is 0.489. The van der Waals surface area contributed by atoms with Crippen LogP contribution in [0.5, 0.6) is 5.75 Å². The van der Waals surface area contributed by atoms with Gasteiger partial charge in [0.2, 0.25) is 0 Å². The number of alkyl halides is 2. The van der Waals surface area contributed by atoms with Gasteiger partial charge in [-0.15, -0.1) is 23.2 Å². The van der Waals surface area contributed by atoms with Crippen molar-refractivity contribution in [3.8, 4) is 5.75 Å². The molecule has 0 aliphatic carbocycles. The number of esters is 1. The molecule has 1 aromatic carbocycles. The number of ether oxygens (including phenoxy) is 1. The fraction of sp³-hybridized carbons (Fsp3) is 0.100. The molecule has 0 saturated carbocycles. The smallest absolute Gasteiger partial charge is 0.335 e. The average molecular weight is 231 g/mol. The predicted molar refractivity (Wildman–Crippen MR) is 56.7 cm³/mol. The van der Waals surface area contributed by atoms with Crippen molar-refractivity contribution in [2.24, 2.45) is 0 Å². The molecule has 0 aromatic heterocycles. The van der Waals surface area contributed by atoms with Crippen molar-refractivity contribution in [3.63, 3.8) is 0 Å². The van der Waals surface area contributed by atoms with Crippen LogP contribution >= 0.6 is 23.2 Å². The van der Waals surface area contributed by atoms with E-state index >= 15 is 0 Å². The highest BCUT2D eigenvalue weighted by Crippen LogP contribution is 2.09. The number of hydrogen-bond donors (Lipinski definition) is 0. The summed E-state index contributed by atoms with van der Waals surface area (Å²) in [5.41, 5.74) is 0. The van der Waals surface area contributed by atoms with E-state index in [1.54, 1.807) is 24.3 Å². The van der Waals surface area contributed by atoms with Gasteiger partial charge in [-0.25, -0.2) is 4.79 Å². The lowest BCUT2D eigenvalue weighted by molar-refractivity contribution is -0.129. The maximum Gasteiger partial charge on any atom is 0.335 e. The zero-order valence-corrected chi connectivity index (χ0v) is 8.70. The number of allylic oxidation sites excluding steroid dienone is 1. The first kappa shape index (κ1) is 11.1. The fourth-order valence-corrected chi connectivity index (χ4v) is 0.935. The number of para-hydroxylation sites is 1. The van der Waals surface area contributed by atoms with E-state index in [0.29, 0.717) is 5.75 Å². The summed E-state index contributed by atoms with van der Waals surface area (Å²) >= 11 is 10.8. The van der Waals surface area contributed by atoms with Crippen LogP contribution < -0.4 is 4.74 Å². The molecule has 14 heavy (non-hydrogen) atoms. The molecule has 1 rings (SSSR count). The lowest BCUT2D eigenvalue weighted by Gasteiger charge is -1.99. The molecule has 4 heteroatoms. The number of carbonyl (C=O) groups is 1. The highest BCUT2D eigenvalue weighted by Gasteiger charge is 1.99. The van der Waals surface area contributed by atoms with Crippen molar-refractivity contribution in [3.05, 3.63) is 42.5 Å². The lowest BCUT2D eigenvalue weighted by Crippen LogP contribution is -2.03. The summed E-state index contributed by atoms with van der Waals surface area (Å²) in [7, 11) is 0. The van der Waals surface area contributed by atoms with E-state index in [-0.39, 0.29) is 0 Å². The Hall–Kier alpha value is -0.990. The number of rotatable bonds is 3. The maximum atomic E-state index is 11.1. The van der Waals surface area contributed by atoms with Crippen LogP contribution in [-0.2, 0) is 4.79 Å². The Morgan fingerprint density at radius 3 is 2.50 bits per heavy atom. The van der Waals surface area contributed by atoms with Gasteiger partial charge in [0, 0.05) is 6.08 Å². The molecule has 0 unspecified atom stereocenters. The third-order valence-corrected chi connectivity index (χ3v) is 1.63. The first-order chi connectivity index (χ1) is 6.68. The second kappa shape index (κ2) is 5.68. The highest BCUT2D eigenvalue weighted by molar-refractivity contribution is 6.45. The van der Waals surface area contributed by atoms with E-state index in [2.05, 4.69) is 0 Å². The summed E-state index contributed by atoms with van der Waals surface area (Å²) in [6, 6.07) is 8.76. The molecule has 0 N–H and O–H groups in total. The Morgan fingerprint density at radius 1 is 1.29 bits per heavy atom. The van der Waals surface area contributed by atoms with Crippen LogP contribution in [0.1, 0.15) is 0 Å². The standard InChI is InChI=1S/C10H8Cl2O2/c11-9(12)6-7-10(13)14-8-4-2-1-3-5-8/h1-7,9H/b7-6+. The van der Waals surface area contributed by atoms with Crippen LogP contribution in [0.4, 0.5) is 0 Å². The van der Waals surface area contributed by atoms with Crippen molar-refractivity contribution >= 4 is 29.2 Å². The molecule has 0 fully saturated rings. The van der Waals surface area contributed by atoms with Gasteiger partial charge in [-0.3, -0.25) is 0 Å².